The highest BCUT2D eigenvalue weighted by molar-refractivity contribution is 5.58. The minimum atomic E-state index is 0.371. The number of hydrogen-bond acceptors (Lipinski definition) is 2. The quantitative estimate of drug-likeness (QED) is 0.920. The third kappa shape index (κ3) is 2.81. The number of benzene rings is 2. The van der Waals surface area contributed by atoms with Crippen molar-refractivity contribution in [3.05, 3.63) is 64.7 Å². The number of fused-ring (bicyclic) bond motifs is 1. The minimum absolute atomic E-state index is 0.371. The van der Waals surface area contributed by atoms with Crippen LogP contribution in [0.2, 0.25) is 0 Å². The number of rotatable bonds is 4. The molecule has 1 unspecified atom stereocenters. The van der Waals surface area contributed by atoms with Crippen molar-refractivity contribution in [3.63, 3.8) is 0 Å². The Labute approximate surface area is 127 Å². The molecule has 1 atom stereocenters. The van der Waals surface area contributed by atoms with Gasteiger partial charge in [0.15, 0.2) is 0 Å². The Morgan fingerprint density at radius 1 is 1.10 bits per heavy atom. The van der Waals surface area contributed by atoms with E-state index in [2.05, 4.69) is 73.6 Å². The van der Waals surface area contributed by atoms with Gasteiger partial charge in [0, 0.05) is 24.8 Å². The monoisotopic (exact) mass is 280 g/mol. The largest absolute Gasteiger partial charge is 0.369 e. The Morgan fingerprint density at radius 2 is 1.90 bits per heavy atom. The maximum Gasteiger partial charge on any atom is 0.0495 e. The van der Waals surface area contributed by atoms with Gasteiger partial charge in [-0.25, -0.2) is 0 Å². The summed E-state index contributed by atoms with van der Waals surface area (Å²) >= 11 is 0. The molecule has 0 saturated carbocycles. The molecule has 0 amide bonds. The van der Waals surface area contributed by atoms with Gasteiger partial charge in [-0.2, -0.15) is 0 Å². The highest BCUT2D eigenvalue weighted by atomic mass is 15.2. The lowest BCUT2D eigenvalue weighted by Gasteiger charge is -2.26. The first-order chi connectivity index (χ1) is 10.2. The topological polar surface area (TPSA) is 15.3 Å². The molecule has 2 aromatic carbocycles. The summed E-state index contributed by atoms with van der Waals surface area (Å²) in [6, 6.07) is 15.9. The summed E-state index contributed by atoms with van der Waals surface area (Å²) in [7, 11) is 2.06. The molecule has 2 heteroatoms. The molecule has 0 aromatic heterocycles. The molecule has 0 saturated heterocycles. The van der Waals surface area contributed by atoms with Gasteiger partial charge >= 0.3 is 0 Å². The van der Waals surface area contributed by atoms with Gasteiger partial charge in [0.25, 0.3) is 0 Å². The first-order valence-corrected chi connectivity index (χ1v) is 7.76. The summed E-state index contributed by atoms with van der Waals surface area (Å²) in [4.78, 5) is 2.51. The Balaban J connectivity index is 1.81. The molecule has 2 aromatic rings. The van der Waals surface area contributed by atoms with Crippen molar-refractivity contribution in [3.8, 4) is 0 Å². The number of anilines is 1. The van der Waals surface area contributed by atoms with E-state index < -0.39 is 0 Å². The fraction of sp³-hybridized carbons (Fsp3) is 0.368. The molecular formula is C19H24N2. The van der Waals surface area contributed by atoms with E-state index in [1.165, 1.54) is 34.4 Å². The summed E-state index contributed by atoms with van der Waals surface area (Å²) in [6.45, 7) is 6.51. The molecule has 2 nitrogen and oxygen atoms in total. The molecule has 0 aliphatic carbocycles. The average Bonchev–Trinajstić information content (AvgIpc) is 2.91. The molecule has 1 N–H and O–H groups in total. The van der Waals surface area contributed by atoms with Gasteiger partial charge in [0.05, 0.1) is 0 Å². The van der Waals surface area contributed by atoms with Crippen LogP contribution in [0.15, 0.2) is 42.5 Å². The Bertz CT molecular complexity index is 633. The minimum Gasteiger partial charge on any atom is -0.369 e. The third-order valence-electron chi connectivity index (χ3n) is 4.67. The van der Waals surface area contributed by atoms with Gasteiger partial charge in [-0.3, -0.25) is 0 Å². The number of nitrogens with one attached hydrogen (secondary N) is 1. The van der Waals surface area contributed by atoms with Crippen LogP contribution in [0.3, 0.4) is 0 Å². The summed E-state index contributed by atoms with van der Waals surface area (Å²) < 4.78 is 0. The number of aryl methyl sites for hydroxylation is 2. The second kappa shape index (κ2) is 5.90. The predicted molar refractivity (Wildman–Crippen MR) is 90.1 cm³/mol. The van der Waals surface area contributed by atoms with Crippen molar-refractivity contribution in [1.82, 2.24) is 5.32 Å². The van der Waals surface area contributed by atoms with Crippen LogP contribution in [0, 0.1) is 13.8 Å². The Hall–Kier alpha value is -1.80. The highest BCUT2D eigenvalue weighted by Crippen LogP contribution is 2.29. The van der Waals surface area contributed by atoms with E-state index in [1.807, 2.05) is 0 Å². The van der Waals surface area contributed by atoms with Crippen molar-refractivity contribution in [2.75, 3.05) is 25.0 Å². The van der Waals surface area contributed by atoms with E-state index >= 15 is 0 Å². The van der Waals surface area contributed by atoms with Crippen LogP contribution < -0.4 is 10.2 Å². The molecule has 0 spiro atoms. The maximum atomic E-state index is 3.48. The lowest BCUT2D eigenvalue weighted by Crippen LogP contribution is -2.32. The van der Waals surface area contributed by atoms with Crippen LogP contribution in [0.1, 0.15) is 28.3 Å². The van der Waals surface area contributed by atoms with Gasteiger partial charge in [-0.15, -0.1) is 0 Å². The van der Waals surface area contributed by atoms with E-state index in [9.17, 15) is 0 Å². The van der Waals surface area contributed by atoms with Crippen molar-refractivity contribution < 1.29 is 0 Å². The van der Waals surface area contributed by atoms with Crippen LogP contribution in [-0.2, 0) is 6.42 Å². The van der Waals surface area contributed by atoms with Crippen LogP contribution in [0.25, 0.3) is 0 Å². The lowest BCUT2D eigenvalue weighted by molar-refractivity contribution is 0.579. The van der Waals surface area contributed by atoms with Crippen molar-refractivity contribution in [1.29, 1.82) is 0 Å². The van der Waals surface area contributed by atoms with E-state index in [-0.39, 0.29) is 0 Å². The fourth-order valence-corrected chi connectivity index (χ4v) is 3.16. The molecule has 1 heterocycles. The van der Waals surface area contributed by atoms with Gasteiger partial charge in [0.2, 0.25) is 0 Å². The van der Waals surface area contributed by atoms with Crippen LogP contribution in [0.4, 0.5) is 5.69 Å². The maximum absolute atomic E-state index is 3.48. The first-order valence-electron chi connectivity index (χ1n) is 7.76. The summed E-state index contributed by atoms with van der Waals surface area (Å²) in [5.74, 6) is 0. The zero-order chi connectivity index (χ0) is 14.8. The molecular weight excluding hydrogens is 256 g/mol. The molecule has 3 rings (SSSR count). The average molecular weight is 280 g/mol. The molecule has 21 heavy (non-hydrogen) atoms. The number of para-hydroxylation sites is 1. The normalized spacial score (nSPS) is 15.1. The lowest BCUT2D eigenvalue weighted by atomic mass is 10.0. The van der Waals surface area contributed by atoms with E-state index in [0.717, 1.165) is 13.1 Å². The molecule has 0 fully saturated rings. The number of hydrogen-bond donors (Lipinski definition) is 1. The zero-order valence-electron chi connectivity index (χ0n) is 13.2. The number of nitrogens with zero attached hydrogens (tertiary/aromatic N) is 1. The SMILES string of the molecule is CNC(CN1CCc2ccccc21)c1ccc(C)c(C)c1. The van der Waals surface area contributed by atoms with Crippen LogP contribution in [-0.4, -0.2) is 20.1 Å². The Kier molecular flexibility index (Phi) is 3.98. The summed E-state index contributed by atoms with van der Waals surface area (Å²) in [5, 5.41) is 3.48. The smallest absolute Gasteiger partial charge is 0.0495 e. The first kappa shape index (κ1) is 14.2. The fourth-order valence-electron chi connectivity index (χ4n) is 3.16. The molecule has 0 bridgehead atoms. The second-order valence-corrected chi connectivity index (χ2v) is 6.01. The summed E-state index contributed by atoms with van der Waals surface area (Å²) in [6.07, 6.45) is 1.17. The van der Waals surface area contributed by atoms with Crippen molar-refractivity contribution in [2.45, 2.75) is 26.3 Å². The van der Waals surface area contributed by atoms with Gasteiger partial charge in [0.1, 0.15) is 0 Å². The van der Waals surface area contributed by atoms with Gasteiger partial charge < -0.3 is 10.2 Å². The van der Waals surface area contributed by atoms with Crippen molar-refractivity contribution >= 4 is 5.69 Å². The van der Waals surface area contributed by atoms with Gasteiger partial charge in [-0.05, 0) is 55.6 Å². The molecule has 1 aliphatic heterocycles. The Morgan fingerprint density at radius 3 is 2.67 bits per heavy atom. The zero-order valence-corrected chi connectivity index (χ0v) is 13.2. The third-order valence-corrected chi connectivity index (χ3v) is 4.67. The second-order valence-electron chi connectivity index (χ2n) is 6.01. The van der Waals surface area contributed by atoms with E-state index in [0.29, 0.717) is 6.04 Å². The molecule has 1 aliphatic rings. The standard InChI is InChI=1S/C19H24N2/c1-14-8-9-17(12-15(14)2)18(20-3)13-21-11-10-16-6-4-5-7-19(16)21/h4-9,12,18,20H,10-11,13H2,1-3H3. The summed E-state index contributed by atoms with van der Waals surface area (Å²) in [5.41, 5.74) is 6.99. The van der Waals surface area contributed by atoms with Crippen molar-refractivity contribution in [2.24, 2.45) is 0 Å². The van der Waals surface area contributed by atoms with Crippen LogP contribution in [0.5, 0.6) is 0 Å². The highest BCUT2D eigenvalue weighted by Gasteiger charge is 2.21. The van der Waals surface area contributed by atoms with E-state index in [1.54, 1.807) is 0 Å². The molecule has 110 valence electrons. The predicted octanol–water partition coefficient (Wildman–Crippen LogP) is 3.63. The molecule has 0 radical (unpaired) electrons. The van der Waals surface area contributed by atoms with E-state index in [4.69, 9.17) is 0 Å². The number of likely N-dealkylation sites (N-methyl/N-ethyl adjacent to an activating group) is 1. The van der Waals surface area contributed by atoms with Crippen LogP contribution >= 0.6 is 0 Å². The van der Waals surface area contributed by atoms with Gasteiger partial charge in [-0.1, -0.05) is 36.4 Å².